The van der Waals surface area contributed by atoms with Crippen molar-refractivity contribution in [1.29, 1.82) is 0 Å². The molecule has 1 unspecified atom stereocenters. The van der Waals surface area contributed by atoms with Crippen LogP contribution in [0.3, 0.4) is 0 Å². The molecule has 0 N–H and O–H groups in total. The van der Waals surface area contributed by atoms with Gasteiger partial charge < -0.3 is 9.64 Å². The summed E-state index contributed by atoms with van der Waals surface area (Å²) in [6, 6.07) is 3.32. The van der Waals surface area contributed by atoms with Crippen LogP contribution in [0.15, 0.2) is 24.5 Å². The van der Waals surface area contributed by atoms with E-state index < -0.39 is 9.84 Å². The molecule has 0 radical (unpaired) electrons. The first-order chi connectivity index (χ1) is 12.0. The van der Waals surface area contributed by atoms with E-state index in [1.807, 2.05) is 0 Å². The number of fused-ring (bicyclic) bond motifs is 1. The van der Waals surface area contributed by atoms with Crippen molar-refractivity contribution in [3.63, 3.8) is 0 Å². The number of hydrogen-bond acceptors (Lipinski definition) is 5. The monoisotopic (exact) mass is 363 g/mol. The molecule has 2 aliphatic rings. The molecule has 1 atom stereocenters. The Kier molecular flexibility index (Phi) is 3.94. The molecule has 0 bridgehead atoms. The summed E-state index contributed by atoms with van der Waals surface area (Å²) >= 11 is 0. The molecule has 2 fully saturated rings. The van der Waals surface area contributed by atoms with Gasteiger partial charge in [-0.3, -0.25) is 9.20 Å². The zero-order valence-corrected chi connectivity index (χ0v) is 14.9. The quantitative estimate of drug-likeness (QED) is 0.823. The highest BCUT2D eigenvalue weighted by molar-refractivity contribution is 7.91. The van der Waals surface area contributed by atoms with Crippen molar-refractivity contribution < 1.29 is 17.9 Å². The number of carbonyl (C=O) groups is 1. The first-order valence-electron chi connectivity index (χ1n) is 8.51. The molecule has 0 spiro atoms. The Bertz CT molecular complexity index is 917. The second-order valence-electron chi connectivity index (χ2n) is 6.81. The number of sulfone groups is 1. The molecule has 1 saturated heterocycles. The van der Waals surface area contributed by atoms with E-state index in [2.05, 4.69) is 4.98 Å². The van der Waals surface area contributed by atoms with E-state index in [1.54, 1.807) is 40.9 Å². The van der Waals surface area contributed by atoms with Crippen LogP contribution in [0.4, 0.5) is 0 Å². The molecule has 1 saturated carbocycles. The number of amides is 1. The third kappa shape index (κ3) is 2.88. The maximum Gasteiger partial charge on any atom is 0.272 e. The van der Waals surface area contributed by atoms with Crippen LogP contribution in [-0.4, -0.2) is 59.8 Å². The molecule has 0 aromatic carbocycles. The van der Waals surface area contributed by atoms with Crippen LogP contribution >= 0.6 is 0 Å². The first kappa shape index (κ1) is 16.4. The predicted molar refractivity (Wildman–Crippen MR) is 92.6 cm³/mol. The Hall–Kier alpha value is -2.09. The zero-order chi connectivity index (χ0) is 17.6. The number of imidazole rings is 1. The van der Waals surface area contributed by atoms with Crippen molar-refractivity contribution in [3.8, 4) is 5.75 Å². The minimum atomic E-state index is -3.07. The minimum absolute atomic E-state index is 0.0342. The van der Waals surface area contributed by atoms with Crippen molar-refractivity contribution in [3.05, 3.63) is 30.2 Å². The van der Waals surface area contributed by atoms with E-state index >= 15 is 0 Å². The van der Waals surface area contributed by atoms with Gasteiger partial charge in [0.05, 0.1) is 24.8 Å². The van der Waals surface area contributed by atoms with E-state index in [1.165, 1.54) is 0 Å². The first-order valence-corrected chi connectivity index (χ1v) is 10.3. The van der Waals surface area contributed by atoms with Gasteiger partial charge in [-0.2, -0.15) is 0 Å². The smallest absolute Gasteiger partial charge is 0.272 e. The van der Waals surface area contributed by atoms with Gasteiger partial charge in [0.25, 0.3) is 5.91 Å². The highest BCUT2D eigenvalue weighted by atomic mass is 32.2. The van der Waals surface area contributed by atoms with E-state index in [4.69, 9.17) is 4.74 Å². The van der Waals surface area contributed by atoms with E-state index in [9.17, 15) is 13.2 Å². The van der Waals surface area contributed by atoms with Gasteiger partial charge in [0.2, 0.25) is 0 Å². The van der Waals surface area contributed by atoms with Crippen LogP contribution < -0.4 is 4.74 Å². The number of ether oxygens (including phenoxy) is 1. The maximum atomic E-state index is 13.1. The number of hydrogen-bond donors (Lipinski definition) is 0. The summed E-state index contributed by atoms with van der Waals surface area (Å²) in [7, 11) is -1.49. The topological polar surface area (TPSA) is 81.0 Å². The predicted octanol–water partition coefficient (Wildman–Crippen LogP) is 1.38. The molecule has 4 rings (SSSR count). The molecule has 7 nitrogen and oxygen atoms in total. The summed E-state index contributed by atoms with van der Waals surface area (Å²) in [5.74, 6) is 0.928. The summed E-state index contributed by atoms with van der Waals surface area (Å²) in [5, 5.41) is 0. The molecular formula is C17H21N3O4S. The van der Waals surface area contributed by atoms with E-state index in [0.29, 0.717) is 23.0 Å². The number of nitrogens with zero attached hydrogens (tertiary/aromatic N) is 3. The lowest BCUT2D eigenvalue weighted by molar-refractivity contribution is 0.0556. The average Bonchev–Trinajstić information content (AvgIpc) is 2.95. The van der Waals surface area contributed by atoms with Crippen LogP contribution in [0.25, 0.3) is 5.65 Å². The van der Waals surface area contributed by atoms with Gasteiger partial charge in [0.15, 0.2) is 9.84 Å². The van der Waals surface area contributed by atoms with Gasteiger partial charge in [-0.15, -0.1) is 0 Å². The fourth-order valence-corrected chi connectivity index (χ4v) is 5.31. The Labute approximate surface area is 146 Å². The number of aromatic nitrogens is 2. The zero-order valence-electron chi connectivity index (χ0n) is 14.1. The van der Waals surface area contributed by atoms with Crippen LogP contribution in [0, 0.1) is 5.92 Å². The van der Waals surface area contributed by atoms with Crippen molar-refractivity contribution >= 4 is 21.4 Å². The Morgan fingerprint density at radius 2 is 2.16 bits per heavy atom. The molecule has 8 heteroatoms. The third-order valence-electron chi connectivity index (χ3n) is 5.36. The van der Waals surface area contributed by atoms with Gasteiger partial charge >= 0.3 is 0 Å². The Balaban J connectivity index is 1.67. The van der Waals surface area contributed by atoms with Crippen LogP contribution in [0.5, 0.6) is 5.75 Å². The SMILES string of the molecule is COc1ccn2c(C(=O)N3CCS(=O)(=O)CC3C3CCC3)cnc2c1. The molecule has 134 valence electrons. The molecule has 2 aromatic rings. The number of pyridine rings is 1. The average molecular weight is 363 g/mol. The largest absolute Gasteiger partial charge is 0.497 e. The summed E-state index contributed by atoms with van der Waals surface area (Å²) in [6.07, 6.45) is 6.41. The molecule has 1 aliphatic heterocycles. The minimum Gasteiger partial charge on any atom is -0.497 e. The summed E-state index contributed by atoms with van der Waals surface area (Å²) < 4.78 is 31.1. The van der Waals surface area contributed by atoms with Gasteiger partial charge in [-0.25, -0.2) is 13.4 Å². The second-order valence-corrected chi connectivity index (χ2v) is 9.04. The lowest BCUT2D eigenvalue weighted by atomic mass is 9.79. The molecule has 1 aliphatic carbocycles. The van der Waals surface area contributed by atoms with E-state index in [-0.39, 0.29) is 30.0 Å². The van der Waals surface area contributed by atoms with Gasteiger partial charge in [0.1, 0.15) is 17.1 Å². The summed E-state index contributed by atoms with van der Waals surface area (Å²) in [6.45, 7) is 0.256. The highest BCUT2D eigenvalue weighted by Crippen LogP contribution is 2.35. The Morgan fingerprint density at radius 3 is 2.84 bits per heavy atom. The van der Waals surface area contributed by atoms with Crippen molar-refractivity contribution in [2.24, 2.45) is 5.92 Å². The van der Waals surface area contributed by atoms with Crippen LogP contribution in [0.1, 0.15) is 29.8 Å². The lowest BCUT2D eigenvalue weighted by Gasteiger charge is -2.43. The standard InChI is InChI=1S/C17H21N3O4S/c1-24-13-5-6-19-14(10-18-16(19)9-13)17(21)20-7-8-25(22,23)11-15(20)12-3-2-4-12/h5-6,9-10,12,15H,2-4,7-8,11H2,1H3. The van der Waals surface area contributed by atoms with Crippen molar-refractivity contribution in [2.45, 2.75) is 25.3 Å². The molecule has 25 heavy (non-hydrogen) atoms. The van der Waals surface area contributed by atoms with E-state index in [0.717, 1.165) is 19.3 Å². The van der Waals surface area contributed by atoms with Gasteiger partial charge in [0, 0.05) is 24.8 Å². The number of methoxy groups -OCH3 is 1. The molecule has 2 aromatic heterocycles. The Morgan fingerprint density at radius 1 is 1.36 bits per heavy atom. The third-order valence-corrected chi connectivity index (χ3v) is 7.02. The normalized spacial score (nSPS) is 23.4. The number of carbonyl (C=O) groups excluding carboxylic acids is 1. The fourth-order valence-electron chi connectivity index (χ4n) is 3.70. The summed E-state index contributed by atoms with van der Waals surface area (Å²) in [4.78, 5) is 19.2. The van der Waals surface area contributed by atoms with Gasteiger partial charge in [-0.1, -0.05) is 6.42 Å². The number of rotatable bonds is 3. The molecular weight excluding hydrogens is 342 g/mol. The maximum absolute atomic E-state index is 13.1. The van der Waals surface area contributed by atoms with Crippen molar-refractivity contribution in [1.82, 2.24) is 14.3 Å². The molecule has 1 amide bonds. The second kappa shape index (κ2) is 6.01. The highest BCUT2D eigenvalue weighted by Gasteiger charge is 2.41. The fraction of sp³-hybridized carbons (Fsp3) is 0.529. The van der Waals surface area contributed by atoms with Crippen molar-refractivity contribution in [2.75, 3.05) is 25.2 Å². The van der Waals surface area contributed by atoms with Gasteiger partial charge in [-0.05, 0) is 24.8 Å². The molecule has 3 heterocycles. The summed E-state index contributed by atoms with van der Waals surface area (Å²) in [5.41, 5.74) is 1.09. The van der Waals surface area contributed by atoms with Crippen LogP contribution in [0.2, 0.25) is 0 Å². The lowest BCUT2D eigenvalue weighted by Crippen LogP contribution is -2.55. The van der Waals surface area contributed by atoms with Crippen LogP contribution in [-0.2, 0) is 9.84 Å².